The van der Waals surface area contributed by atoms with Gasteiger partial charge in [0.05, 0.1) is 0 Å². The Morgan fingerprint density at radius 2 is 1.95 bits per heavy atom. The van der Waals surface area contributed by atoms with Gasteiger partial charge in [0.25, 0.3) is 0 Å². The number of aromatic nitrogens is 1. The molecule has 0 aliphatic carbocycles. The summed E-state index contributed by atoms with van der Waals surface area (Å²) in [5.41, 5.74) is 8.61. The fourth-order valence-corrected chi connectivity index (χ4v) is 2.86. The van der Waals surface area contributed by atoms with Crippen LogP contribution in [0.1, 0.15) is 12.5 Å². The quantitative estimate of drug-likeness (QED) is 0.942. The maximum Gasteiger partial charge on any atom is 0.128 e. The van der Waals surface area contributed by atoms with E-state index in [1.807, 2.05) is 24.3 Å². The molecule has 3 nitrogen and oxygen atoms in total. The van der Waals surface area contributed by atoms with Gasteiger partial charge in [0, 0.05) is 43.6 Å². The first-order valence-corrected chi connectivity index (χ1v) is 7.30. The van der Waals surface area contributed by atoms with Gasteiger partial charge in [-0.25, -0.2) is 4.39 Å². The zero-order valence-corrected chi connectivity index (χ0v) is 12.2. The Kier molecular flexibility index (Phi) is 3.99. The van der Waals surface area contributed by atoms with E-state index in [0.29, 0.717) is 12.5 Å². The van der Waals surface area contributed by atoms with Crippen LogP contribution in [-0.2, 0) is 6.54 Å². The highest BCUT2D eigenvalue weighted by molar-refractivity contribution is 5.63. The minimum Gasteiger partial charge on any atom is -0.326 e. The molecule has 21 heavy (non-hydrogen) atoms. The van der Waals surface area contributed by atoms with Crippen LogP contribution in [0, 0.1) is 11.7 Å². The Labute approximate surface area is 124 Å². The van der Waals surface area contributed by atoms with Crippen LogP contribution in [-0.4, -0.2) is 29.0 Å². The molecule has 1 saturated heterocycles. The molecule has 2 heterocycles. The van der Waals surface area contributed by atoms with Gasteiger partial charge in [0.2, 0.25) is 0 Å². The molecule has 0 amide bonds. The number of halogens is 1. The average molecular weight is 285 g/mol. The first-order chi connectivity index (χ1) is 10.1. The summed E-state index contributed by atoms with van der Waals surface area (Å²) in [5.74, 6) is 0.321. The number of pyridine rings is 1. The van der Waals surface area contributed by atoms with Crippen molar-refractivity contribution in [1.82, 2.24) is 9.88 Å². The lowest BCUT2D eigenvalue weighted by Gasteiger charge is -2.16. The molecule has 2 N–H and O–H groups in total. The molecule has 0 radical (unpaired) electrons. The van der Waals surface area contributed by atoms with Gasteiger partial charge >= 0.3 is 0 Å². The highest BCUT2D eigenvalue weighted by Crippen LogP contribution is 2.23. The van der Waals surface area contributed by atoms with E-state index in [1.54, 1.807) is 18.5 Å². The molecule has 1 aliphatic rings. The van der Waals surface area contributed by atoms with Crippen molar-refractivity contribution in [3.05, 3.63) is 54.1 Å². The second-order valence-electron chi connectivity index (χ2n) is 5.88. The lowest BCUT2D eigenvalue weighted by atomic mass is 10.0. The molecule has 0 spiro atoms. The molecule has 0 saturated carbocycles. The summed E-state index contributed by atoms with van der Waals surface area (Å²) >= 11 is 0. The van der Waals surface area contributed by atoms with Crippen molar-refractivity contribution in [2.24, 2.45) is 11.7 Å². The Morgan fingerprint density at radius 3 is 2.57 bits per heavy atom. The standard InChI is InChI=1S/C17H20FN3/c1-12-9-21(11-17(12)19)10-15-3-2-14(8-16(15)18)13-4-6-20-7-5-13/h2-8,12,17H,9-11,19H2,1H3. The van der Waals surface area contributed by atoms with Crippen molar-refractivity contribution < 1.29 is 4.39 Å². The van der Waals surface area contributed by atoms with E-state index in [4.69, 9.17) is 5.73 Å². The summed E-state index contributed by atoms with van der Waals surface area (Å²) in [6.07, 6.45) is 3.43. The van der Waals surface area contributed by atoms with E-state index in [2.05, 4.69) is 16.8 Å². The summed E-state index contributed by atoms with van der Waals surface area (Å²) in [7, 11) is 0. The third kappa shape index (κ3) is 3.12. The van der Waals surface area contributed by atoms with Crippen molar-refractivity contribution in [3.8, 4) is 11.1 Å². The van der Waals surface area contributed by atoms with Crippen LogP contribution in [0.15, 0.2) is 42.7 Å². The summed E-state index contributed by atoms with van der Waals surface area (Å²) in [6.45, 7) is 4.55. The van der Waals surface area contributed by atoms with Crippen LogP contribution < -0.4 is 5.73 Å². The summed E-state index contributed by atoms with van der Waals surface area (Å²) in [5, 5.41) is 0. The Balaban J connectivity index is 1.76. The molecule has 0 bridgehead atoms. The smallest absolute Gasteiger partial charge is 0.128 e. The second kappa shape index (κ2) is 5.92. The first-order valence-electron chi connectivity index (χ1n) is 7.30. The van der Waals surface area contributed by atoms with E-state index in [9.17, 15) is 4.39 Å². The Bertz CT molecular complexity index is 605. The van der Waals surface area contributed by atoms with Gasteiger partial charge < -0.3 is 5.73 Å². The molecule has 2 atom stereocenters. The minimum atomic E-state index is -0.155. The molecule has 2 aromatic rings. The van der Waals surface area contributed by atoms with Crippen molar-refractivity contribution in [2.75, 3.05) is 13.1 Å². The van der Waals surface area contributed by atoms with Gasteiger partial charge in [0.15, 0.2) is 0 Å². The number of benzene rings is 1. The van der Waals surface area contributed by atoms with Crippen LogP contribution >= 0.6 is 0 Å². The Morgan fingerprint density at radius 1 is 1.19 bits per heavy atom. The molecule has 110 valence electrons. The van der Waals surface area contributed by atoms with Gasteiger partial charge in [-0.05, 0) is 35.2 Å². The molecule has 4 heteroatoms. The van der Waals surface area contributed by atoms with E-state index < -0.39 is 0 Å². The maximum absolute atomic E-state index is 14.3. The zero-order valence-electron chi connectivity index (χ0n) is 12.2. The monoisotopic (exact) mass is 285 g/mol. The number of nitrogens with zero attached hydrogens (tertiary/aromatic N) is 2. The first kappa shape index (κ1) is 14.2. The Hall–Kier alpha value is -1.78. The summed E-state index contributed by atoms with van der Waals surface area (Å²) < 4.78 is 14.3. The molecular weight excluding hydrogens is 265 g/mol. The molecule has 1 aliphatic heterocycles. The zero-order chi connectivity index (χ0) is 14.8. The highest BCUT2D eigenvalue weighted by Gasteiger charge is 2.26. The third-order valence-electron chi connectivity index (χ3n) is 4.21. The molecule has 1 aromatic carbocycles. The minimum absolute atomic E-state index is 0.155. The SMILES string of the molecule is CC1CN(Cc2ccc(-c3ccncc3)cc2F)CC1N. The van der Waals surface area contributed by atoms with Crippen LogP contribution in [0.2, 0.25) is 0 Å². The predicted octanol–water partition coefficient (Wildman–Crippen LogP) is 2.67. The van der Waals surface area contributed by atoms with Gasteiger partial charge in [-0.2, -0.15) is 0 Å². The van der Waals surface area contributed by atoms with Crippen LogP contribution in [0.5, 0.6) is 0 Å². The van der Waals surface area contributed by atoms with E-state index >= 15 is 0 Å². The lowest BCUT2D eigenvalue weighted by molar-refractivity contribution is 0.313. The van der Waals surface area contributed by atoms with Crippen molar-refractivity contribution in [1.29, 1.82) is 0 Å². The second-order valence-corrected chi connectivity index (χ2v) is 5.88. The topological polar surface area (TPSA) is 42.2 Å². The van der Waals surface area contributed by atoms with Crippen LogP contribution in [0.25, 0.3) is 11.1 Å². The third-order valence-corrected chi connectivity index (χ3v) is 4.21. The molecular formula is C17H20FN3. The van der Waals surface area contributed by atoms with Gasteiger partial charge in [-0.15, -0.1) is 0 Å². The van der Waals surface area contributed by atoms with E-state index in [-0.39, 0.29) is 11.9 Å². The number of rotatable bonds is 3. The van der Waals surface area contributed by atoms with Crippen LogP contribution in [0.4, 0.5) is 4.39 Å². The number of hydrogen-bond acceptors (Lipinski definition) is 3. The number of hydrogen-bond donors (Lipinski definition) is 1. The molecule has 1 aromatic heterocycles. The van der Waals surface area contributed by atoms with Crippen molar-refractivity contribution in [2.45, 2.75) is 19.5 Å². The summed E-state index contributed by atoms with van der Waals surface area (Å²) in [6, 6.07) is 9.41. The van der Waals surface area contributed by atoms with Crippen molar-refractivity contribution >= 4 is 0 Å². The maximum atomic E-state index is 14.3. The van der Waals surface area contributed by atoms with Crippen molar-refractivity contribution in [3.63, 3.8) is 0 Å². The number of likely N-dealkylation sites (tertiary alicyclic amines) is 1. The highest BCUT2D eigenvalue weighted by atomic mass is 19.1. The number of nitrogens with two attached hydrogens (primary N) is 1. The largest absolute Gasteiger partial charge is 0.326 e. The van der Waals surface area contributed by atoms with E-state index in [0.717, 1.165) is 29.8 Å². The fraction of sp³-hybridized carbons (Fsp3) is 0.353. The summed E-state index contributed by atoms with van der Waals surface area (Å²) in [4.78, 5) is 6.20. The van der Waals surface area contributed by atoms with Gasteiger partial charge in [-0.1, -0.05) is 19.1 Å². The fourth-order valence-electron chi connectivity index (χ4n) is 2.86. The van der Waals surface area contributed by atoms with Gasteiger partial charge in [-0.3, -0.25) is 9.88 Å². The predicted molar refractivity (Wildman–Crippen MR) is 82.0 cm³/mol. The average Bonchev–Trinajstić information content (AvgIpc) is 2.80. The van der Waals surface area contributed by atoms with Gasteiger partial charge in [0.1, 0.15) is 5.82 Å². The normalized spacial score (nSPS) is 22.6. The van der Waals surface area contributed by atoms with Crippen LogP contribution in [0.3, 0.4) is 0 Å². The van der Waals surface area contributed by atoms with E-state index in [1.165, 1.54) is 0 Å². The lowest BCUT2D eigenvalue weighted by Crippen LogP contribution is -2.28. The molecule has 1 fully saturated rings. The molecule has 2 unspecified atom stereocenters. The molecule has 3 rings (SSSR count).